The van der Waals surface area contributed by atoms with E-state index in [1.54, 1.807) is 26.4 Å². The van der Waals surface area contributed by atoms with E-state index in [1.165, 1.54) is 24.2 Å². The monoisotopic (exact) mass is 1040 g/mol. The summed E-state index contributed by atoms with van der Waals surface area (Å²) in [5.41, 5.74) is 2.24. The van der Waals surface area contributed by atoms with Gasteiger partial charge in [-0.05, 0) is 161 Å². The lowest BCUT2D eigenvalue weighted by atomic mass is 9.75. The second kappa shape index (κ2) is 25.5. The number of thioether (sulfide) groups is 2. The molecule has 0 atom stereocenters. The number of benzene rings is 4. The maximum absolute atomic E-state index is 14.6. The first kappa shape index (κ1) is 55.0. The first-order valence-corrected chi connectivity index (χ1v) is 26.1. The van der Waals surface area contributed by atoms with Gasteiger partial charge in [0, 0.05) is 65.6 Å². The number of rotatable bonds is 20. The van der Waals surface area contributed by atoms with Gasteiger partial charge in [-0.1, -0.05) is 0 Å². The van der Waals surface area contributed by atoms with E-state index in [2.05, 4.69) is 19.8 Å². The summed E-state index contributed by atoms with van der Waals surface area (Å²) in [7, 11) is 3.15. The van der Waals surface area contributed by atoms with Gasteiger partial charge in [-0.3, -0.25) is 9.97 Å². The molecule has 0 radical (unpaired) electrons. The van der Waals surface area contributed by atoms with Gasteiger partial charge in [0.1, 0.15) is 40.6 Å². The Labute approximate surface area is 423 Å². The largest absolute Gasteiger partial charge is 0.497 e. The molecule has 18 heteroatoms. The first-order valence-electron chi connectivity index (χ1n) is 24.1. The van der Waals surface area contributed by atoms with E-state index in [0.717, 1.165) is 130 Å². The molecule has 0 unspecified atom stereocenters. The van der Waals surface area contributed by atoms with Crippen LogP contribution in [0, 0.1) is 57.4 Å². The van der Waals surface area contributed by atoms with E-state index in [1.807, 2.05) is 24.3 Å². The summed E-state index contributed by atoms with van der Waals surface area (Å²) in [6.07, 6.45) is 9.85. The number of pyridine rings is 2. The second-order valence-corrected chi connectivity index (χ2v) is 21.0. The quantitative estimate of drug-likeness (QED) is 0.0438. The molecule has 72 heavy (non-hydrogen) atoms. The Morgan fingerprint density at radius 3 is 1.40 bits per heavy atom. The number of piperidine rings is 2. The number of likely N-dealkylation sites (tertiary alicyclic amines) is 2. The minimum absolute atomic E-state index is 0.0645. The van der Waals surface area contributed by atoms with Crippen LogP contribution >= 0.6 is 23.5 Å². The Bertz CT molecular complexity index is 2730. The van der Waals surface area contributed by atoms with E-state index >= 15 is 0 Å². The highest BCUT2D eigenvalue weighted by Crippen LogP contribution is 2.39. The summed E-state index contributed by atoms with van der Waals surface area (Å²) in [4.78, 5) is 13.0. The molecule has 2 saturated heterocycles. The summed E-state index contributed by atoms with van der Waals surface area (Å²) in [6, 6.07) is 14.3. The summed E-state index contributed by atoms with van der Waals surface area (Å²) in [5, 5.41) is 21.9. The number of hydrogen-bond donors (Lipinski definition) is 2. The molecular weight excluding hydrogens is 985 g/mol. The van der Waals surface area contributed by atoms with E-state index in [9.17, 15) is 45.3 Å². The molecular formula is C54H60F8N4O4S2. The fourth-order valence-corrected chi connectivity index (χ4v) is 11.7. The smallest absolute Gasteiger partial charge is 0.194 e. The van der Waals surface area contributed by atoms with Gasteiger partial charge in [-0.15, -0.1) is 23.5 Å². The van der Waals surface area contributed by atoms with Crippen molar-refractivity contribution in [3.8, 4) is 11.5 Å². The molecule has 8 rings (SSSR count). The SMILES string of the molecule is COc1ccc2ncc(F)c(CCCC3(CO)CCN(CCSc4c(F)cc(F)cc4F)CC3)c2c1.COc1ccc2ncc(F)c(CCCC3(CO)CCN(CCSc4cc(F)c(F)c(F)c4)CC3)c2c1. The fourth-order valence-electron chi connectivity index (χ4n) is 9.78. The van der Waals surface area contributed by atoms with Crippen molar-refractivity contribution in [3.05, 3.63) is 131 Å². The van der Waals surface area contributed by atoms with Gasteiger partial charge in [0.25, 0.3) is 0 Å². The van der Waals surface area contributed by atoms with Gasteiger partial charge >= 0.3 is 0 Å². The summed E-state index contributed by atoms with van der Waals surface area (Å²) >= 11 is 2.33. The van der Waals surface area contributed by atoms with Gasteiger partial charge < -0.3 is 29.5 Å². The van der Waals surface area contributed by atoms with Crippen molar-refractivity contribution in [2.45, 2.75) is 74.0 Å². The zero-order valence-corrected chi connectivity index (χ0v) is 42.0. The highest BCUT2D eigenvalue weighted by molar-refractivity contribution is 7.99. The summed E-state index contributed by atoms with van der Waals surface area (Å²) in [6.45, 7) is 4.64. The number of aliphatic hydroxyl groups excluding tert-OH is 2. The van der Waals surface area contributed by atoms with Crippen LogP contribution in [-0.4, -0.2) is 108 Å². The number of nitrogens with zero attached hydrogens (tertiary/aromatic N) is 4. The molecule has 8 nitrogen and oxygen atoms in total. The van der Waals surface area contributed by atoms with Crippen LogP contribution in [0.5, 0.6) is 11.5 Å². The van der Waals surface area contributed by atoms with Crippen molar-refractivity contribution in [2.24, 2.45) is 10.8 Å². The third-order valence-electron chi connectivity index (χ3n) is 14.3. The molecule has 0 spiro atoms. The average Bonchev–Trinajstić information content (AvgIpc) is 3.38. The van der Waals surface area contributed by atoms with Crippen LogP contribution in [0.1, 0.15) is 62.5 Å². The van der Waals surface area contributed by atoms with Gasteiger partial charge in [0.2, 0.25) is 0 Å². The van der Waals surface area contributed by atoms with Crippen LogP contribution in [0.25, 0.3) is 21.8 Å². The maximum Gasteiger partial charge on any atom is 0.194 e. The molecule has 0 aliphatic carbocycles. The Kier molecular flexibility index (Phi) is 19.5. The summed E-state index contributed by atoms with van der Waals surface area (Å²) < 4.78 is 121. The molecule has 0 bridgehead atoms. The Hall–Kier alpha value is -4.72. The Morgan fingerprint density at radius 1 is 0.556 bits per heavy atom. The van der Waals surface area contributed by atoms with Crippen molar-refractivity contribution in [1.82, 2.24) is 19.8 Å². The van der Waals surface area contributed by atoms with Gasteiger partial charge in [0.15, 0.2) is 17.5 Å². The van der Waals surface area contributed by atoms with Gasteiger partial charge in [0.05, 0.1) is 42.5 Å². The molecule has 4 heterocycles. The van der Waals surface area contributed by atoms with Crippen LogP contribution in [0.3, 0.4) is 0 Å². The predicted molar refractivity (Wildman–Crippen MR) is 267 cm³/mol. The van der Waals surface area contributed by atoms with Gasteiger partial charge in [-0.2, -0.15) is 0 Å². The third kappa shape index (κ3) is 13.9. The number of halogens is 8. The highest BCUT2D eigenvalue weighted by atomic mass is 32.2. The minimum atomic E-state index is -1.45. The number of methoxy groups -OCH3 is 2. The van der Waals surface area contributed by atoms with Crippen LogP contribution in [0.15, 0.2) is 82.8 Å². The lowest BCUT2D eigenvalue weighted by Crippen LogP contribution is -2.42. The predicted octanol–water partition coefficient (Wildman–Crippen LogP) is 12.0. The van der Waals surface area contributed by atoms with E-state index in [4.69, 9.17) is 9.47 Å². The Morgan fingerprint density at radius 2 is 0.986 bits per heavy atom. The zero-order chi connectivity index (χ0) is 51.4. The van der Waals surface area contributed by atoms with E-state index in [-0.39, 0.29) is 40.6 Å². The molecule has 388 valence electrons. The number of aryl methyl sites for hydroxylation is 2. The number of hydrogen-bond acceptors (Lipinski definition) is 10. The van der Waals surface area contributed by atoms with Crippen molar-refractivity contribution < 1.29 is 54.8 Å². The first-order chi connectivity index (χ1) is 34.7. The molecule has 0 saturated carbocycles. The second-order valence-electron chi connectivity index (χ2n) is 18.7. The molecule has 2 N–H and O–H groups in total. The number of ether oxygens (including phenoxy) is 2. The molecule has 4 aromatic carbocycles. The summed E-state index contributed by atoms with van der Waals surface area (Å²) in [5.74, 6) is -4.76. The molecule has 2 fully saturated rings. The standard InChI is InChI=1S/2C27H30F4N2O2S/c1-35-19-4-5-25-21(15-19)20(24(31)16-32-25)3-2-6-27(17-34)7-9-33(10-8-27)11-12-36-26-22(29)13-18(28)14-23(26)30;1-35-18-4-5-25-21(13-18)20(24(30)16-32-25)3-2-6-27(17-34)7-9-33(10-8-27)11-12-36-19-14-22(28)26(31)23(29)15-19/h2*4-5,13-16,34H,2-3,6-12,17H2,1H3. The zero-order valence-electron chi connectivity index (χ0n) is 40.4. The van der Waals surface area contributed by atoms with Gasteiger partial charge in [-0.25, -0.2) is 35.1 Å². The molecule has 2 aliphatic rings. The van der Waals surface area contributed by atoms with Crippen molar-refractivity contribution in [3.63, 3.8) is 0 Å². The molecule has 2 aliphatic heterocycles. The Balaban J connectivity index is 0.000000211. The number of aliphatic hydroxyl groups is 2. The topological polar surface area (TPSA) is 91.2 Å². The van der Waals surface area contributed by atoms with Crippen molar-refractivity contribution in [2.75, 3.05) is 78.2 Å². The fraction of sp³-hybridized carbons (Fsp3) is 0.444. The lowest BCUT2D eigenvalue weighted by molar-refractivity contribution is 0.0378. The minimum Gasteiger partial charge on any atom is -0.497 e. The van der Waals surface area contributed by atoms with Crippen LogP contribution in [-0.2, 0) is 12.8 Å². The van der Waals surface area contributed by atoms with Crippen molar-refractivity contribution >= 4 is 45.3 Å². The number of fused-ring (bicyclic) bond motifs is 2. The van der Waals surface area contributed by atoms with E-state index < -0.39 is 34.9 Å². The van der Waals surface area contributed by atoms with Crippen LogP contribution in [0.2, 0.25) is 0 Å². The third-order valence-corrected chi connectivity index (χ3v) is 16.3. The molecule has 0 amide bonds. The lowest BCUT2D eigenvalue weighted by Gasteiger charge is -2.41. The maximum atomic E-state index is 14.6. The highest BCUT2D eigenvalue weighted by Gasteiger charge is 2.35. The molecule has 6 aromatic rings. The van der Waals surface area contributed by atoms with Crippen molar-refractivity contribution in [1.29, 1.82) is 0 Å². The van der Waals surface area contributed by atoms with E-state index in [0.29, 0.717) is 70.5 Å². The van der Waals surface area contributed by atoms with Crippen LogP contribution < -0.4 is 9.47 Å². The molecule has 2 aromatic heterocycles. The number of aromatic nitrogens is 2. The van der Waals surface area contributed by atoms with Crippen LogP contribution in [0.4, 0.5) is 35.1 Å². The average molecular weight is 1050 g/mol. The normalized spacial score (nSPS) is 15.9.